The Morgan fingerprint density at radius 3 is 2.62 bits per heavy atom. The lowest BCUT2D eigenvalue weighted by Crippen LogP contribution is -2.02. The number of anilines is 1. The van der Waals surface area contributed by atoms with Gasteiger partial charge < -0.3 is 10.5 Å². The summed E-state index contributed by atoms with van der Waals surface area (Å²) in [7, 11) is 1.07. The summed E-state index contributed by atoms with van der Waals surface area (Å²) >= 11 is 0. The summed E-state index contributed by atoms with van der Waals surface area (Å²) in [5.74, 6) is -1.61. The smallest absolute Gasteiger partial charge is 0.284 e. The molecule has 3 nitrogen and oxygen atoms in total. The summed E-state index contributed by atoms with van der Waals surface area (Å²) in [4.78, 5) is 3.27. The van der Waals surface area contributed by atoms with Crippen LogP contribution in [0.2, 0.25) is 0 Å². The second-order valence-corrected chi connectivity index (χ2v) is 2.25. The van der Waals surface area contributed by atoms with Gasteiger partial charge in [0.1, 0.15) is 0 Å². The minimum Gasteiger partial charge on any atom is -0.492 e. The molecule has 0 radical (unpaired) electrons. The number of hydrogen-bond donors (Lipinski definition) is 1. The third-order valence-corrected chi connectivity index (χ3v) is 1.44. The van der Waals surface area contributed by atoms with Gasteiger partial charge in [-0.25, -0.2) is 18.2 Å². The number of hydrogen-bond acceptors (Lipinski definition) is 3. The van der Waals surface area contributed by atoms with Gasteiger partial charge in [-0.2, -0.15) is 0 Å². The van der Waals surface area contributed by atoms with Crippen molar-refractivity contribution < 1.29 is 17.9 Å². The molecule has 1 rings (SSSR count). The van der Waals surface area contributed by atoms with Crippen molar-refractivity contribution in [2.75, 3.05) is 12.8 Å². The van der Waals surface area contributed by atoms with Crippen LogP contribution in [0.1, 0.15) is 12.1 Å². The van der Waals surface area contributed by atoms with Crippen molar-refractivity contribution in [3.8, 4) is 5.75 Å². The first-order chi connectivity index (χ1) is 6.07. The minimum absolute atomic E-state index is 0.318. The maximum absolute atomic E-state index is 13.0. The van der Waals surface area contributed by atoms with Gasteiger partial charge >= 0.3 is 0 Å². The zero-order valence-corrected chi connectivity index (χ0v) is 6.72. The van der Waals surface area contributed by atoms with Crippen molar-refractivity contribution in [3.05, 3.63) is 17.7 Å². The number of halogens is 3. The SMILES string of the molecule is COc1c(C(F)F)ncc(N)c1F. The third kappa shape index (κ3) is 1.66. The summed E-state index contributed by atoms with van der Waals surface area (Å²) in [6.45, 7) is 0. The highest BCUT2D eigenvalue weighted by molar-refractivity contribution is 5.46. The molecule has 6 heteroatoms. The van der Waals surface area contributed by atoms with Crippen molar-refractivity contribution in [2.45, 2.75) is 6.43 Å². The summed E-state index contributed by atoms with van der Waals surface area (Å²) < 4.78 is 41.8. The van der Waals surface area contributed by atoms with Crippen LogP contribution in [0, 0.1) is 5.82 Å². The Bertz CT molecular complexity index is 317. The Hall–Kier alpha value is -1.46. The fourth-order valence-corrected chi connectivity index (χ4v) is 0.848. The Morgan fingerprint density at radius 1 is 1.54 bits per heavy atom. The molecule has 0 unspecified atom stereocenters. The van der Waals surface area contributed by atoms with Crippen LogP contribution in [0.25, 0.3) is 0 Å². The van der Waals surface area contributed by atoms with Gasteiger partial charge in [0.25, 0.3) is 6.43 Å². The number of nitrogens with two attached hydrogens (primary N) is 1. The Kier molecular flexibility index (Phi) is 2.60. The number of rotatable bonds is 2. The van der Waals surface area contributed by atoms with Crippen molar-refractivity contribution >= 4 is 5.69 Å². The Labute approximate surface area is 72.3 Å². The Balaban J connectivity index is 3.30. The van der Waals surface area contributed by atoms with E-state index < -0.39 is 23.7 Å². The average Bonchev–Trinajstić information content (AvgIpc) is 2.09. The molecule has 0 amide bonds. The number of pyridine rings is 1. The van der Waals surface area contributed by atoms with E-state index in [1.54, 1.807) is 0 Å². The van der Waals surface area contributed by atoms with E-state index in [-0.39, 0.29) is 5.69 Å². The molecule has 0 saturated heterocycles. The van der Waals surface area contributed by atoms with E-state index in [0.717, 1.165) is 13.3 Å². The van der Waals surface area contributed by atoms with Crippen molar-refractivity contribution in [2.24, 2.45) is 0 Å². The molecule has 0 aromatic carbocycles. The summed E-state index contributed by atoms with van der Waals surface area (Å²) in [6.07, 6.45) is -2.05. The molecular weight excluding hydrogens is 185 g/mol. The highest BCUT2D eigenvalue weighted by Gasteiger charge is 2.20. The predicted octanol–water partition coefficient (Wildman–Crippen LogP) is 1.75. The maximum atomic E-state index is 13.0. The molecule has 1 aromatic rings. The molecule has 1 aromatic heterocycles. The molecule has 1 heterocycles. The quantitative estimate of drug-likeness (QED) is 0.776. The van der Waals surface area contributed by atoms with Gasteiger partial charge in [0.2, 0.25) is 0 Å². The van der Waals surface area contributed by atoms with Crippen LogP contribution < -0.4 is 10.5 Å². The van der Waals surface area contributed by atoms with Gasteiger partial charge in [-0.1, -0.05) is 0 Å². The summed E-state index contributed by atoms with van der Waals surface area (Å²) in [6, 6.07) is 0. The number of nitrogen functional groups attached to an aromatic ring is 1. The molecule has 72 valence electrons. The Morgan fingerprint density at radius 2 is 2.15 bits per heavy atom. The molecule has 0 atom stereocenters. The second kappa shape index (κ2) is 3.51. The van der Waals surface area contributed by atoms with Crippen molar-refractivity contribution in [1.29, 1.82) is 0 Å². The first-order valence-corrected chi connectivity index (χ1v) is 3.34. The maximum Gasteiger partial charge on any atom is 0.284 e. The summed E-state index contributed by atoms with van der Waals surface area (Å²) in [5, 5.41) is 0. The van der Waals surface area contributed by atoms with E-state index in [0.29, 0.717) is 0 Å². The van der Waals surface area contributed by atoms with Gasteiger partial charge in [-0.05, 0) is 0 Å². The van der Waals surface area contributed by atoms with Gasteiger partial charge in [0, 0.05) is 0 Å². The zero-order valence-electron chi connectivity index (χ0n) is 6.72. The molecule has 0 aliphatic rings. The first kappa shape index (κ1) is 9.63. The number of alkyl halides is 2. The van der Waals surface area contributed by atoms with E-state index >= 15 is 0 Å². The largest absolute Gasteiger partial charge is 0.492 e. The van der Waals surface area contributed by atoms with Crippen LogP contribution in [-0.4, -0.2) is 12.1 Å². The third-order valence-electron chi connectivity index (χ3n) is 1.44. The van der Waals surface area contributed by atoms with Crippen LogP contribution in [-0.2, 0) is 0 Å². The van der Waals surface area contributed by atoms with Gasteiger partial charge in [0.05, 0.1) is 19.0 Å². The van der Waals surface area contributed by atoms with E-state index in [1.165, 1.54) is 0 Å². The number of aromatic nitrogens is 1. The highest BCUT2D eigenvalue weighted by Crippen LogP contribution is 2.31. The van der Waals surface area contributed by atoms with Crippen LogP contribution in [0.3, 0.4) is 0 Å². The monoisotopic (exact) mass is 192 g/mol. The van der Waals surface area contributed by atoms with E-state index in [1.807, 2.05) is 0 Å². The lowest BCUT2D eigenvalue weighted by atomic mass is 10.3. The van der Waals surface area contributed by atoms with Crippen molar-refractivity contribution in [1.82, 2.24) is 4.98 Å². The molecular formula is C7H7F3N2O. The molecule has 0 spiro atoms. The van der Waals surface area contributed by atoms with Gasteiger partial charge in [-0.15, -0.1) is 0 Å². The highest BCUT2D eigenvalue weighted by atomic mass is 19.3. The number of methoxy groups -OCH3 is 1. The molecule has 13 heavy (non-hydrogen) atoms. The fourth-order valence-electron chi connectivity index (χ4n) is 0.848. The first-order valence-electron chi connectivity index (χ1n) is 3.34. The fraction of sp³-hybridized carbons (Fsp3) is 0.286. The van der Waals surface area contributed by atoms with E-state index in [4.69, 9.17) is 5.73 Å². The minimum atomic E-state index is -2.88. The normalized spacial score (nSPS) is 10.5. The molecule has 0 bridgehead atoms. The molecule has 0 saturated carbocycles. The lowest BCUT2D eigenvalue weighted by Gasteiger charge is -2.08. The van der Waals surface area contributed by atoms with E-state index in [2.05, 4.69) is 9.72 Å². The number of nitrogens with zero attached hydrogens (tertiary/aromatic N) is 1. The van der Waals surface area contributed by atoms with Crippen LogP contribution >= 0.6 is 0 Å². The van der Waals surface area contributed by atoms with Crippen LogP contribution in [0.4, 0.5) is 18.9 Å². The molecule has 0 fully saturated rings. The zero-order chi connectivity index (χ0) is 10.0. The van der Waals surface area contributed by atoms with E-state index in [9.17, 15) is 13.2 Å². The lowest BCUT2D eigenvalue weighted by molar-refractivity contribution is 0.140. The summed E-state index contributed by atoms with van der Waals surface area (Å²) in [5.41, 5.74) is 4.04. The predicted molar refractivity (Wildman–Crippen MR) is 40.1 cm³/mol. The molecule has 0 aliphatic carbocycles. The molecule has 0 aliphatic heterocycles. The number of ether oxygens (including phenoxy) is 1. The average molecular weight is 192 g/mol. The molecule has 2 N–H and O–H groups in total. The standard InChI is InChI=1S/C7H7F3N2O/c1-13-6-4(8)3(11)2-12-5(6)7(9)10/h2,7H,11H2,1H3. The van der Waals surface area contributed by atoms with Gasteiger partial charge in [0.15, 0.2) is 17.3 Å². The van der Waals surface area contributed by atoms with Crippen LogP contribution in [0.5, 0.6) is 5.75 Å². The topological polar surface area (TPSA) is 48.1 Å². The van der Waals surface area contributed by atoms with Crippen LogP contribution in [0.15, 0.2) is 6.20 Å². The van der Waals surface area contributed by atoms with Crippen molar-refractivity contribution in [3.63, 3.8) is 0 Å². The van der Waals surface area contributed by atoms with Gasteiger partial charge in [-0.3, -0.25) is 0 Å². The second-order valence-electron chi connectivity index (χ2n) is 2.25.